The molecule has 5 aromatic rings. The maximum absolute atomic E-state index is 14.5. The third kappa shape index (κ3) is 5.22. The van der Waals surface area contributed by atoms with Crippen LogP contribution in [0.25, 0.3) is 31.6 Å². The molecule has 0 bridgehead atoms. The molecular weight excluding hydrogens is 545 g/mol. The molecule has 3 aromatic carbocycles. The Labute approximate surface area is 227 Å². The minimum Gasteiger partial charge on any atom is -0.510 e. The number of thiazole rings is 2. The Bertz CT molecular complexity index is 1760. The fraction of sp³-hybridized carbons (Fsp3) is 0.0370. The van der Waals surface area contributed by atoms with Crippen LogP contribution in [0.3, 0.4) is 0 Å². The lowest BCUT2D eigenvalue weighted by Crippen LogP contribution is -2.04. The Balaban J connectivity index is 1.54. The molecule has 0 radical (unpaired) electrons. The predicted octanol–water partition coefficient (Wildman–Crippen LogP) is 7.71. The van der Waals surface area contributed by atoms with Crippen molar-refractivity contribution in [3.63, 3.8) is 0 Å². The van der Waals surface area contributed by atoms with Crippen molar-refractivity contribution in [2.75, 3.05) is 11.1 Å². The SMILES string of the molecule is N#C/C(=C(/O)CS/C(Nc1ccc(F)cc1F)=C(/C#N)c1nc2ccccc2s1)c1nc2ccccc2s1. The fourth-order valence-corrected chi connectivity index (χ4v) is 6.39. The van der Waals surface area contributed by atoms with E-state index in [1.54, 1.807) is 0 Å². The third-order valence-electron chi connectivity index (χ3n) is 5.29. The summed E-state index contributed by atoms with van der Waals surface area (Å²) in [5, 5.41) is 34.5. The van der Waals surface area contributed by atoms with Gasteiger partial charge >= 0.3 is 0 Å². The molecule has 2 heterocycles. The number of allylic oxidation sites excluding steroid dienone is 2. The quantitative estimate of drug-likeness (QED) is 0.155. The van der Waals surface area contributed by atoms with E-state index in [1.807, 2.05) is 54.6 Å². The van der Waals surface area contributed by atoms with Crippen LogP contribution in [0.5, 0.6) is 0 Å². The Morgan fingerprint density at radius 2 is 1.45 bits per heavy atom. The van der Waals surface area contributed by atoms with E-state index in [9.17, 15) is 24.4 Å². The molecule has 0 fully saturated rings. The number of benzene rings is 3. The number of nitrogens with one attached hydrogen (secondary N) is 1. The number of aliphatic hydroxyl groups excluding tert-OH is 1. The van der Waals surface area contributed by atoms with Gasteiger partial charge in [-0.05, 0) is 36.4 Å². The van der Waals surface area contributed by atoms with Crippen molar-refractivity contribution < 1.29 is 13.9 Å². The molecule has 0 amide bonds. The van der Waals surface area contributed by atoms with Gasteiger partial charge in [-0.25, -0.2) is 18.7 Å². The number of anilines is 1. The van der Waals surface area contributed by atoms with Gasteiger partial charge in [0, 0.05) is 6.07 Å². The second-order valence-corrected chi connectivity index (χ2v) is 10.8. The molecular formula is C27H15F2N5OS3. The number of nitriles is 2. The highest BCUT2D eigenvalue weighted by Crippen LogP contribution is 2.35. The van der Waals surface area contributed by atoms with Gasteiger partial charge in [-0.3, -0.25) is 0 Å². The van der Waals surface area contributed by atoms with E-state index < -0.39 is 11.6 Å². The number of para-hydroxylation sites is 2. The molecule has 0 unspecified atom stereocenters. The number of thioether (sulfide) groups is 1. The minimum absolute atomic E-state index is 0.00417. The van der Waals surface area contributed by atoms with Crippen molar-refractivity contribution in [3.05, 3.63) is 99.2 Å². The highest BCUT2D eigenvalue weighted by Gasteiger charge is 2.19. The Kier molecular flexibility index (Phi) is 7.33. The molecule has 0 atom stereocenters. The lowest BCUT2D eigenvalue weighted by Gasteiger charge is -2.13. The molecule has 0 spiro atoms. The summed E-state index contributed by atoms with van der Waals surface area (Å²) in [6.07, 6.45) is 0. The van der Waals surface area contributed by atoms with Crippen LogP contribution in [0, 0.1) is 34.3 Å². The van der Waals surface area contributed by atoms with Gasteiger partial charge in [-0.1, -0.05) is 36.0 Å². The van der Waals surface area contributed by atoms with Gasteiger partial charge in [0.05, 0.1) is 36.9 Å². The Hall–Kier alpha value is -4.29. The minimum atomic E-state index is -0.850. The molecule has 0 aliphatic carbocycles. The number of halogens is 2. The van der Waals surface area contributed by atoms with Crippen LogP contribution in [0.4, 0.5) is 14.5 Å². The zero-order chi connectivity index (χ0) is 26.6. The van der Waals surface area contributed by atoms with Crippen LogP contribution in [0.15, 0.2) is 77.5 Å². The van der Waals surface area contributed by atoms with Crippen LogP contribution < -0.4 is 5.32 Å². The van der Waals surface area contributed by atoms with Crippen LogP contribution in [0.1, 0.15) is 10.0 Å². The normalized spacial score (nSPS) is 12.5. The van der Waals surface area contributed by atoms with E-state index in [0.29, 0.717) is 21.0 Å². The number of aromatic nitrogens is 2. The summed E-state index contributed by atoms with van der Waals surface area (Å²) in [5.41, 5.74) is 1.47. The lowest BCUT2D eigenvalue weighted by molar-refractivity contribution is 0.421. The first-order valence-electron chi connectivity index (χ1n) is 11.0. The van der Waals surface area contributed by atoms with Crippen molar-refractivity contribution >= 4 is 71.7 Å². The first-order chi connectivity index (χ1) is 18.5. The summed E-state index contributed by atoms with van der Waals surface area (Å²) in [7, 11) is 0. The summed E-state index contributed by atoms with van der Waals surface area (Å²) in [6, 6.07) is 21.9. The second-order valence-electron chi connectivity index (χ2n) is 7.76. The van der Waals surface area contributed by atoms with Crippen molar-refractivity contribution in [2.45, 2.75) is 0 Å². The zero-order valence-corrected chi connectivity index (χ0v) is 21.7. The fourth-order valence-electron chi connectivity index (χ4n) is 3.49. The van der Waals surface area contributed by atoms with E-state index in [1.165, 1.54) is 28.7 Å². The predicted molar refractivity (Wildman–Crippen MR) is 149 cm³/mol. The summed E-state index contributed by atoms with van der Waals surface area (Å²) >= 11 is 3.55. The number of aliphatic hydroxyl groups is 1. The molecule has 0 aliphatic heterocycles. The molecule has 186 valence electrons. The van der Waals surface area contributed by atoms with Gasteiger partial charge in [0.2, 0.25) is 0 Å². The Morgan fingerprint density at radius 3 is 2.00 bits per heavy atom. The van der Waals surface area contributed by atoms with E-state index in [-0.39, 0.29) is 33.4 Å². The van der Waals surface area contributed by atoms with Gasteiger partial charge in [0.15, 0.2) is 0 Å². The topological polar surface area (TPSA) is 106 Å². The van der Waals surface area contributed by atoms with E-state index in [0.717, 1.165) is 33.3 Å². The van der Waals surface area contributed by atoms with Gasteiger partial charge in [0.1, 0.15) is 50.7 Å². The lowest BCUT2D eigenvalue weighted by atomic mass is 10.2. The maximum Gasteiger partial charge on any atom is 0.149 e. The molecule has 0 saturated carbocycles. The smallest absolute Gasteiger partial charge is 0.149 e. The molecule has 2 aromatic heterocycles. The molecule has 38 heavy (non-hydrogen) atoms. The van der Waals surface area contributed by atoms with Crippen molar-refractivity contribution in [3.8, 4) is 12.1 Å². The van der Waals surface area contributed by atoms with Crippen LogP contribution in [-0.2, 0) is 0 Å². The molecule has 2 N–H and O–H groups in total. The van der Waals surface area contributed by atoms with Crippen LogP contribution in [-0.4, -0.2) is 20.8 Å². The largest absolute Gasteiger partial charge is 0.510 e. The molecule has 0 saturated heterocycles. The second kappa shape index (κ2) is 11.0. The van der Waals surface area contributed by atoms with Gasteiger partial charge in [-0.15, -0.1) is 22.7 Å². The summed E-state index contributed by atoms with van der Waals surface area (Å²) in [6.45, 7) is 0. The van der Waals surface area contributed by atoms with E-state index in [4.69, 9.17) is 0 Å². The van der Waals surface area contributed by atoms with Crippen molar-refractivity contribution in [2.24, 2.45) is 0 Å². The first kappa shape index (κ1) is 25.4. The highest BCUT2D eigenvalue weighted by molar-refractivity contribution is 8.03. The number of nitrogens with zero attached hydrogens (tertiary/aromatic N) is 4. The summed E-state index contributed by atoms with van der Waals surface area (Å²) in [4.78, 5) is 8.97. The summed E-state index contributed by atoms with van der Waals surface area (Å²) in [5.74, 6) is -1.97. The van der Waals surface area contributed by atoms with Gasteiger partial charge < -0.3 is 10.4 Å². The van der Waals surface area contributed by atoms with Crippen LogP contribution in [0.2, 0.25) is 0 Å². The zero-order valence-electron chi connectivity index (χ0n) is 19.3. The average molecular weight is 560 g/mol. The number of rotatable bonds is 7. The highest BCUT2D eigenvalue weighted by atomic mass is 32.2. The average Bonchev–Trinajstić information content (AvgIpc) is 3.53. The molecule has 0 aliphatic rings. The van der Waals surface area contributed by atoms with E-state index in [2.05, 4.69) is 21.4 Å². The van der Waals surface area contributed by atoms with Gasteiger partial charge in [-0.2, -0.15) is 10.5 Å². The monoisotopic (exact) mass is 559 g/mol. The maximum atomic E-state index is 14.5. The molecule has 5 rings (SSSR count). The van der Waals surface area contributed by atoms with Crippen molar-refractivity contribution in [1.29, 1.82) is 10.5 Å². The third-order valence-corrected chi connectivity index (χ3v) is 8.41. The number of hydrogen-bond donors (Lipinski definition) is 2. The van der Waals surface area contributed by atoms with Crippen LogP contribution >= 0.6 is 34.4 Å². The standard InChI is InChI=1S/C27H15F2N5OS3/c28-15-9-10-19(18(29)11-15)32-25(17(13-31)27-34-21-6-2-4-8-24(21)38-27)36-14-22(35)16(12-30)26-33-20-5-1-3-7-23(20)37-26/h1-11,32,35H,14H2/b22-16-,25-17-. The molecule has 6 nitrogen and oxygen atoms in total. The van der Waals surface area contributed by atoms with Crippen molar-refractivity contribution in [1.82, 2.24) is 9.97 Å². The summed E-state index contributed by atoms with van der Waals surface area (Å²) < 4.78 is 29.7. The Morgan fingerprint density at radius 1 is 0.868 bits per heavy atom. The molecule has 11 heteroatoms. The number of fused-ring (bicyclic) bond motifs is 2. The first-order valence-corrected chi connectivity index (χ1v) is 13.6. The van der Waals surface area contributed by atoms with E-state index >= 15 is 0 Å². The van der Waals surface area contributed by atoms with Gasteiger partial charge in [0.25, 0.3) is 0 Å². The number of hydrogen-bond acceptors (Lipinski definition) is 9.